The highest BCUT2D eigenvalue weighted by Crippen LogP contribution is 2.59. The summed E-state index contributed by atoms with van der Waals surface area (Å²) < 4.78 is 0. The maximum atomic E-state index is 6.19. The van der Waals surface area contributed by atoms with E-state index in [4.69, 9.17) is 5.73 Å². The largest absolute Gasteiger partial charge is 0.330 e. The predicted octanol–water partition coefficient (Wildman–Crippen LogP) is 6.48. The smallest absolute Gasteiger partial charge is 0.000881 e. The van der Waals surface area contributed by atoms with Crippen LogP contribution in [0.1, 0.15) is 81.3 Å². The van der Waals surface area contributed by atoms with Gasteiger partial charge in [-0.1, -0.05) is 55.7 Å². The molecule has 1 unspecified atom stereocenters. The van der Waals surface area contributed by atoms with Crippen molar-refractivity contribution in [3.05, 3.63) is 47.5 Å². The van der Waals surface area contributed by atoms with Crippen molar-refractivity contribution in [2.24, 2.45) is 41.2 Å². The Morgan fingerprint density at radius 2 is 1.50 bits per heavy atom. The Morgan fingerprint density at radius 1 is 0.893 bits per heavy atom. The van der Waals surface area contributed by atoms with Gasteiger partial charge in [0.15, 0.2) is 0 Å². The molecule has 4 bridgehead atoms. The molecule has 6 rings (SSSR count). The fourth-order valence-electron chi connectivity index (χ4n) is 7.95. The molecule has 1 nitrogen and oxygen atoms in total. The minimum Gasteiger partial charge on any atom is -0.330 e. The second kappa shape index (κ2) is 7.98. The first-order chi connectivity index (χ1) is 13.7. The number of rotatable bonds is 6. The first-order valence-electron chi connectivity index (χ1n) is 12.2. The van der Waals surface area contributed by atoms with Crippen molar-refractivity contribution in [2.45, 2.75) is 76.5 Å². The van der Waals surface area contributed by atoms with E-state index in [1.165, 1.54) is 68.9 Å². The lowest BCUT2D eigenvalue weighted by atomic mass is 9.51. The fraction of sp³-hybridized carbons (Fsp3) is 0.704. The van der Waals surface area contributed by atoms with Gasteiger partial charge in [0.25, 0.3) is 0 Å². The van der Waals surface area contributed by atoms with Gasteiger partial charge in [-0.05, 0) is 110 Å². The molecule has 5 aliphatic carbocycles. The molecule has 0 saturated heterocycles. The molecular formula is C27H39N. The van der Waals surface area contributed by atoms with Crippen LogP contribution in [0.4, 0.5) is 0 Å². The second-order valence-corrected chi connectivity index (χ2v) is 10.8. The molecule has 0 aliphatic heterocycles. The molecule has 0 aromatic heterocycles. The van der Waals surface area contributed by atoms with E-state index >= 15 is 0 Å². The summed E-state index contributed by atoms with van der Waals surface area (Å²) >= 11 is 0. The van der Waals surface area contributed by atoms with Crippen molar-refractivity contribution in [1.82, 2.24) is 0 Å². The average molecular weight is 378 g/mol. The van der Waals surface area contributed by atoms with E-state index in [1.807, 2.05) is 0 Å². The molecule has 1 atom stereocenters. The molecule has 0 amide bonds. The summed E-state index contributed by atoms with van der Waals surface area (Å²) in [5.41, 5.74) is 10.6. The number of nitrogens with two attached hydrogens (primary N) is 1. The normalized spacial score (nSPS) is 35.8. The zero-order valence-electron chi connectivity index (χ0n) is 17.6. The van der Waals surface area contributed by atoms with E-state index in [2.05, 4.69) is 30.8 Å². The Balaban J connectivity index is 1.24. The second-order valence-electron chi connectivity index (χ2n) is 10.8. The SMILES string of the molecule is C=C(Cc1ccc(C2C3CC4CC(C3)CC2C4)cc1)C(CN)C1CCCCC1. The molecule has 0 heterocycles. The summed E-state index contributed by atoms with van der Waals surface area (Å²) in [6, 6.07) is 9.74. The minimum absolute atomic E-state index is 0.518. The van der Waals surface area contributed by atoms with Gasteiger partial charge in [0.1, 0.15) is 0 Å². The lowest BCUT2D eigenvalue weighted by Gasteiger charge is -2.54. The summed E-state index contributed by atoms with van der Waals surface area (Å²) in [7, 11) is 0. The van der Waals surface area contributed by atoms with Gasteiger partial charge in [-0.15, -0.1) is 0 Å². The first-order valence-corrected chi connectivity index (χ1v) is 12.2. The van der Waals surface area contributed by atoms with Crippen LogP contribution in [0, 0.1) is 35.5 Å². The maximum Gasteiger partial charge on any atom is -0.000881 e. The van der Waals surface area contributed by atoms with Crippen LogP contribution in [-0.2, 0) is 6.42 Å². The Hall–Kier alpha value is -1.08. The van der Waals surface area contributed by atoms with Crippen LogP contribution in [-0.4, -0.2) is 6.54 Å². The van der Waals surface area contributed by atoms with E-state index in [1.54, 1.807) is 12.0 Å². The van der Waals surface area contributed by atoms with Crippen LogP contribution in [0.2, 0.25) is 0 Å². The molecule has 5 aliphatic rings. The molecule has 1 aromatic carbocycles. The van der Waals surface area contributed by atoms with Crippen LogP contribution >= 0.6 is 0 Å². The highest BCUT2D eigenvalue weighted by molar-refractivity contribution is 5.31. The standard InChI is InChI=1S/C27H39N/c1-18(26(17-28)22-5-3-2-4-6-22)11-19-7-9-23(10-8-19)27-24-13-20-12-21(15-24)16-25(27)14-20/h7-10,20-22,24-27H,1-6,11-17,28H2. The van der Waals surface area contributed by atoms with Gasteiger partial charge >= 0.3 is 0 Å². The molecular weight excluding hydrogens is 338 g/mol. The molecule has 5 saturated carbocycles. The molecule has 1 aromatic rings. The van der Waals surface area contributed by atoms with Crippen molar-refractivity contribution in [1.29, 1.82) is 0 Å². The van der Waals surface area contributed by atoms with Gasteiger partial charge in [-0.3, -0.25) is 0 Å². The topological polar surface area (TPSA) is 26.0 Å². The lowest BCUT2D eigenvalue weighted by molar-refractivity contribution is -0.00278. The quantitative estimate of drug-likeness (QED) is 0.564. The summed E-state index contributed by atoms with van der Waals surface area (Å²) in [5, 5.41) is 0. The highest BCUT2D eigenvalue weighted by Gasteiger charge is 2.48. The highest BCUT2D eigenvalue weighted by atomic mass is 14.6. The van der Waals surface area contributed by atoms with Crippen LogP contribution in [0.3, 0.4) is 0 Å². The third kappa shape index (κ3) is 3.60. The zero-order chi connectivity index (χ0) is 19.1. The van der Waals surface area contributed by atoms with Crippen molar-refractivity contribution < 1.29 is 0 Å². The molecule has 152 valence electrons. The monoisotopic (exact) mass is 377 g/mol. The van der Waals surface area contributed by atoms with Crippen LogP contribution in [0.5, 0.6) is 0 Å². The lowest BCUT2D eigenvalue weighted by Crippen LogP contribution is -2.43. The molecule has 5 fully saturated rings. The van der Waals surface area contributed by atoms with E-state index in [0.29, 0.717) is 5.92 Å². The Kier molecular flexibility index (Phi) is 5.39. The Labute approximate surface area is 172 Å². The van der Waals surface area contributed by atoms with Crippen molar-refractivity contribution >= 4 is 0 Å². The first kappa shape index (κ1) is 18.9. The van der Waals surface area contributed by atoms with Gasteiger partial charge in [-0.25, -0.2) is 0 Å². The Morgan fingerprint density at radius 3 is 2.07 bits per heavy atom. The van der Waals surface area contributed by atoms with Gasteiger partial charge in [0, 0.05) is 0 Å². The molecule has 0 spiro atoms. The van der Waals surface area contributed by atoms with Gasteiger partial charge in [-0.2, -0.15) is 0 Å². The van der Waals surface area contributed by atoms with Crippen molar-refractivity contribution in [3.63, 3.8) is 0 Å². The third-order valence-corrected chi connectivity index (χ3v) is 9.02. The van der Waals surface area contributed by atoms with Gasteiger partial charge < -0.3 is 5.73 Å². The minimum atomic E-state index is 0.518. The molecule has 28 heavy (non-hydrogen) atoms. The zero-order valence-corrected chi connectivity index (χ0v) is 17.6. The number of benzene rings is 1. The van der Waals surface area contributed by atoms with Gasteiger partial charge in [0.05, 0.1) is 0 Å². The summed E-state index contributed by atoms with van der Waals surface area (Å²) in [5.74, 6) is 6.23. The molecule has 1 heteroatoms. The predicted molar refractivity (Wildman–Crippen MR) is 118 cm³/mol. The fourth-order valence-corrected chi connectivity index (χ4v) is 7.95. The third-order valence-electron chi connectivity index (χ3n) is 9.02. The Bertz CT molecular complexity index is 653. The number of hydrogen-bond donors (Lipinski definition) is 1. The summed E-state index contributed by atoms with van der Waals surface area (Å²) in [6.07, 6.45) is 15.5. The van der Waals surface area contributed by atoms with E-state index in [0.717, 1.165) is 48.5 Å². The van der Waals surface area contributed by atoms with Crippen molar-refractivity contribution in [3.8, 4) is 0 Å². The van der Waals surface area contributed by atoms with E-state index in [-0.39, 0.29) is 0 Å². The van der Waals surface area contributed by atoms with E-state index in [9.17, 15) is 0 Å². The summed E-state index contributed by atoms with van der Waals surface area (Å²) in [4.78, 5) is 0. The molecule has 2 N–H and O–H groups in total. The maximum absolute atomic E-state index is 6.19. The van der Waals surface area contributed by atoms with Crippen LogP contribution < -0.4 is 5.73 Å². The van der Waals surface area contributed by atoms with Crippen molar-refractivity contribution in [2.75, 3.05) is 6.54 Å². The number of hydrogen-bond acceptors (Lipinski definition) is 1. The summed E-state index contributed by atoms with van der Waals surface area (Å²) in [6.45, 7) is 5.26. The molecule has 0 radical (unpaired) electrons. The van der Waals surface area contributed by atoms with Crippen LogP contribution in [0.25, 0.3) is 0 Å². The van der Waals surface area contributed by atoms with Gasteiger partial charge in [0.2, 0.25) is 0 Å². The van der Waals surface area contributed by atoms with Crippen LogP contribution in [0.15, 0.2) is 36.4 Å². The average Bonchev–Trinajstić information content (AvgIpc) is 2.70. The van der Waals surface area contributed by atoms with E-state index < -0.39 is 0 Å².